The van der Waals surface area contributed by atoms with Gasteiger partial charge in [0.2, 0.25) is 11.7 Å². The van der Waals surface area contributed by atoms with Gasteiger partial charge in [-0.15, -0.1) is 6.58 Å². The molecule has 0 radical (unpaired) electrons. The minimum absolute atomic E-state index is 0.0540. The van der Waals surface area contributed by atoms with E-state index in [0.29, 0.717) is 29.4 Å². The molecule has 1 aromatic carbocycles. The molecule has 1 aromatic heterocycles. The Hall–Kier alpha value is -2.34. The number of aromatic nitrogens is 2. The average Bonchev–Trinajstić information content (AvgIpc) is 2.89. The standard InChI is InChI=1S/C13H15N3O3/c1-3-4-9(14)13-15-12(16-19-13)8-5-6-10(17)11(7-8)18-2/h3,5-7,9,17H,1,4,14H2,2H3. The fraction of sp³-hybridized carbons (Fsp3) is 0.231. The van der Waals surface area contributed by atoms with Gasteiger partial charge in [0.25, 0.3) is 0 Å². The molecule has 6 heteroatoms. The van der Waals surface area contributed by atoms with Crippen LogP contribution in [0, 0.1) is 0 Å². The maximum absolute atomic E-state index is 9.52. The third kappa shape index (κ3) is 2.74. The lowest BCUT2D eigenvalue weighted by atomic mass is 10.2. The van der Waals surface area contributed by atoms with Gasteiger partial charge in [0, 0.05) is 5.56 Å². The zero-order valence-electron chi connectivity index (χ0n) is 10.5. The zero-order chi connectivity index (χ0) is 13.8. The van der Waals surface area contributed by atoms with Gasteiger partial charge in [-0.3, -0.25) is 0 Å². The summed E-state index contributed by atoms with van der Waals surface area (Å²) in [5.41, 5.74) is 6.52. The number of rotatable bonds is 5. The second kappa shape index (κ2) is 5.53. The Morgan fingerprint density at radius 3 is 3.05 bits per heavy atom. The van der Waals surface area contributed by atoms with Crippen molar-refractivity contribution in [1.29, 1.82) is 0 Å². The van der Waals surface area contributed by atoms with Gasteiger partial charge in [-0.05, 0) is 24.6 Å². The lowest BCUT2D eigenvalue weighted by Crippen LogP contribution is -2.09. The first kappa shape index (κ1) is 13.1. The van der Waals surface area contributed by atoms with E-state index in [4.69, 9.17) is 15.0 Å². The van der Waals surface area contributed by atoms with Crippen LogP contribution < -0.4 is 10.5 Å². The van der Waals surface area contributed by atoms with Crippen LogP contribution in [0.3, 0.4) is 0 Å². The highest BCUT2D eigenvalue weighted by Crippen LogP contribution is 2.30. The SMILES string of the molecule is C=CCC(N)c1nc(-c2ccc(O)c(OC)c2)no1. The Balaban J connectivity index is 2.29. The van der Waals surface area contributed by atoms with Crippen LogP contribution in [0.15, 0.2) is 35.4 Å². The molecule has 0 saturated carbocycles. The van der Waals surface area contributed by atoms with Crippen molar-refractivity contribution in [2.75, 3.05) is 7.11 Å². The van der Waals surface area contributed by atoms with Crippen LogP contribution in [0.5, 0.6) is 11.5 Å². The molecule has 1 unspecified atom stereocenters. The van der Waals surface area contributed by atoms with Crippen molar-refractivity contribution in [3.8, 4) is 22.9 Å². The van der Waals surface area contributed by atoms with Crippen molar-refractivity contribution in [2.24, 2.45) is 5.73 Å². The normalized spacial score (nSPS) is 12.1. The van der Waals surface area contributed by atoms with Gasteiger partial charge < -0.3 is 20.1 Å². The van der Waals surface area contributed by atoms with Gasteiger partial charge in [0.05, 0.1) is 13.2 Å². The molecule has 0 saturated heterocycles. The van der Waals surface area contributed by atoms with Crippen LogP contribution in [0.2, 0.25) is 0 Å². The summed E-state index contributed by atoms with van der Waals surface area (Å²) in [6.45, 7) is 3.61. The van der Waals surface area contributed by atoms with Crippen LogP contribution in [-0.2, 0) is 0 Å². The number of nitrogens with zero attached hydrogens (tertiary/aromatic N) is 2. The van der Waals surface area contributed by atoms with Crippen molar-refractivity contribution < 1.29 is 14.4 Å². The highest BCUT2D eigenvalue weighted by Gasteiger charge is 2.15. The molecule has 0 aliphatic heterocycles. The van der Waals surface area contributed by atoms with Gasteiger partial charge >= 0.3 is 0 Å². The number of methoxy groups -OCH3 is 1. The molecule has 1 heterocycles. The summed E-state index contributed by atoms with van der Waals surface area (Å²) >= 11 is 0. The Bertz CT molecular complexity index is 580. The van der Waals surface area contributed by atoms with Gasteiger partial charge in [-0.1, -0.05) is 11.2 Å². The summed E-state index contributed by atoms with van der Waals surface area (Å²) in [6.07, 6.45) is 2.25. The van der Waals surface area contributed by atoms with Crippen LogP contribution >= 0.6 is 0 Å². The molecule has 0 aliphatic rings. The van der Waals surface area contributed by atoms with E-state index in [2.05, 4.69) is 16.7 Å². The summed E-state index contributed by atoms with van der Waals surface area (Å²) < 4.78 is 10.1. The maximum atomic E-state index is 9.52. The third-order valence-corrected chi connectivity index (χ3v) is 2.62. The first-order valence-corrected chi connectivity index (χ1v) is 5.73. The number of benzene rings is 1. The number of aromatic hydroxyl groups is 1. The first-order valence-electron chi connectivity index (χ1n) is 5.73. The van der Waals surface area contributed by atoms with Gasteiger partial charge in [0.1, 0.15) is 0 Å². The lowest BCUT2D eigenvalue weighted by molar-refractivity contribution is 0.355. The van der Waals surface area contributed by atoms with Crippen molar-refractivity contribution in [3.05, 3.63) is 36.7 Å². The molecule has 0 bridgehead atoms. The van der Waals surface area contributed by atoms with Crippen LogP contribution in [-0.4, -0.2) is 22.4 Å². The molecule has 100 valence electrons. The van der Waals surface area contributed by atoms with E-state index in [9.17, 15) is 5.11 Å². The van der Waals surface area contributed by atoms with Crippen LogP contribution in [0.25, 0.3) is 11.4 Å². The molecule has 0 aliphatic carbocycles. The van der Waals surface area contributed by atoms with E-state index < -0.39 is 0 Å². The molecule has 0 fully saturated rings. The minimum Gasteiger partial charge on any atom is -0.504 e. The fourth-order valence-electron chi connectivity index (χ4n) is 1.60. The molecule has 6 nitrogen and oxygen atoms in total. The molecule has 2 rings (SSSR count). The molecule has 3 N–H and O–H groups in total. The Morgan fingerprint density at radius 2 is 2.37 bits per heavy atom. The predicted molar refractivity (Wildman–Crippen MR) is 69.7 cm³/mol. The fourth-order valence-corrected chi connectivity index (χ4v) is 1.60. The maximum Gasteiger partial charge on any atom is 0.244 e. The van der Waals surface area contributed by atoms with E-state index in [0.717, 1.165) is 0 Å². The lowest BCUT2D eigenvalue weighted by Gasteiger charge is -2.03. The van der Waals surface area contributed by atoms with E-state index >= 15 is 0 Å². The van der Waals surface area contributed by atoms with E-state index in [-0.39, 0.29) is 11.8 Å². The molecule has 2 aromatic rings. The quantitative estimate of drug-likeness (QED) is 0.800. The van der Waals surface area contributed by atoms with E-state index in [1.165, 1.54) is 13.2 Å². The highest BCUT2D eigenvalue weighted by molar-refractivity contribution is 5.60. The number of nitrogens with two attached hydrogens (primary N) is 1. The number of ether oxygens (including phenoxy) is 1. The second-order valence-electron chi connectivity index (χ2n) is 3.97. The largest absolute Gasteiger partial charge is 0.504 e. The van der Waals surface area contributed by atoms with Crippen molar-refractivity contribution >= 4 is 0 Å². The van der Waals surface area contributed by atoms with E-state index in [1.807, 2.05) is 0 Å². The van der Waals surface area contributed by atoms with Gasteiger partial charge in [0.15, 0.2) is 11.5 Å². The predicted octanol–water partition coefficient (Wildman–Crippen LogP) is 2.03. The number of hydrogen-bond donors (Lipinski definition) is 2. The zero-order valence-corrected chi connectivity index (χ0v) is 10.5. The third-order valence-electron chi connectivity index (χ3n) is 2.62. The summed E-state index contributed by atoms with van der Waals surface area (Å²) in [5, 5.41) is 13.4. The number of hydrogen-bond acceptors (Lipinski definition) is 6. The second-order valence-corrected chi connectivity index (χ2v) is 3.97. The molecule has 0 spiro atoms. The Morgan fingerprint density at radius 1 is 1.58 bits per heavy atom. The average molecular weight is 261 g/mol. The number of phenols is 1. The van der Waals surface area contributed by atoms with Crippen molar-refractivity contribution in [1.82, 2.24) is 10.1 Å². The highest BCUT2D eigenvalue weighted by atomic mass is 16.5. The monoisotopic (exact) mass is 261 g/mol. The van der Waals surface area contributed by atoms with Gasteiger partial charge in [-0.2, -0.15) is 4.98 Å². The van der Waals surface area contributed by atoms with Gasteiger partial charge in [-0.25, -0.2) is 0 Å². The summed E-state index contributed by atoms with van der Waals surface area (Å²) in [5.74, 6) is 1.15. The summed E-state index contributed by atoms with van der Waals surface area (Å²) in [7, 11) is 1.47. The van der Waals surface area contributed by atoms with Crippen LogP contribution in [0.4, 0.5) is 0 Å². The molecule has 19 heavy (non-hydrogen) atoms. The van der Waals surface area contributed by atoms with Crippen molar-refractivity contribution in [2.45, 2.75) is 12.5 Å². The molecule has 0 amide bonds. The molecular formula is C13H15N3O3. The molecular weight excluding hydrogens is 246 g/mol. The summed E-state index contributed by atoms with van der Waals surface area (Å²) in [6, 6.07) is 4.44. The summed E-state index contributed by atoms with van der Waals surface area (Å²) in [4.78, 5) is 4.22. The minimum atomic E-state index is -0.363. The first-order chi connectivity index (χ1) is 9.15. The smallest absolute Gasteiger partial charge is 0.244 e. The van der Waals surface area contributed by atoms with Crippen molar-refractivity contribution in [3.63, 3.8) is 0 Å². The Kier molecular flexibility index (Phi) is 3.82. The van der Waals surface area contributed by atoms with E-state index in [1.54, 1.807) is 18.2 Å². The number of phenolic OH excluding ortho intramolecular Hbond substituents is 1. The molecule has 1 atom stereocenters. The Labute approximate surface area is 110 Å². The van der Waals surface area contributed by atoms with Crippen LogP contribution in [0.1, 0.15) is 18.4 Å². The topological polar surface area (TPSA) is 94.4 Å².